The zero-order valence-electron chi connectivity index (χ0n) is 8.57. The third-order valence-electron chi connectivity index (χ3n) is 1.50. The summed E-state index contributed by atoms with van der Waals surface area (Å²) in [6.45, 7) is 5.74. The normalized spacial score (nSPS) is 11.1. The smallest absolute Gasteiger partial charge is 0.307 e. The van der Waals surface area contributed by atoms with Gasteiger partial charge in [0.05, 0.1) is 0 Å². The highest BCUT2D eigenvalue weighted by Gasteiger charge is 2.07. The molecule has 1 amide bonds. The third-order valence-corrected chi connectivity index (χ3v) is 1.50. The van der Waals surface area contributed by atoms with Crippen molar-refractivity contribution in [1.82, 2.24) is 5.43 Å². The molecule has 0 saturated heterocycles. The topological polar surface area (TPSA) is 54.6 Å². The van der Waals surface area contributed by atoms with Gasteiger partial charge in [-0.25, -0.2) is 5.43 Å². The van der Waals surface area contributed by atoms with Crippen molar-refractivity contribution in [1.29, 1.82) is 0 Å². The molecule has 0 bridgehead atoms. The molecule has 0 saturated carbocycles. The second-order valence-electron chi connectivity index (χ2n) is 3.37. The number of hydrazone groups is 1. The number of carbonyl (C=O) groups is 1. The Bertz CT molecular complexity index is 340. The zero-order chi connectivity index (χ0) is 10.6. The van der Waals surface area contributed by atoms with Crippen molar-refractivity contribution < 1.29 is 9.21 Å². The molecule has 76 valence electrons. The lowest BCUT2D eigenvalue weighted by Crippen LogP contribution is -2.17. The van der Waals surface area contributed by atoms with Crippen LogP contribution in [0.5, 0.6) is 0 Å². The number of hydrogen-bond acceptors (Lipinski definition) is 3. The van der Waals surface area contributed by atoms with Crippen molar-refractivity contribution >= 4 is 12.1 Å². The molecular weight excluding hydrogens is 180 g/mol. The average molecular weight is 194 g/mol. The van der Waals surface area contributed by atoms with Crippen molar-refractivity contribution in [3.8, 4) is 0 Å². The van der Waals surface area contributed by atoms with E-state index < -0.39 is 0 Å². The summed E-state index contributed by atoms with van der Waals surface area (Å²) in [5.41, 5.74) is 2.38. The van der Waals surface area contributed by atoms with Gasteiger partial charge in [0, 0.05) is 6.21 Å². The van der Waals surface area contributed by atoms with E-state index in [0.29, 0.717) is 11.7 Å². The van der Waals surface area contributed by atoms with Crippen molar-refractivity contribution in [2.45, 2.75) is 20.8 Å². The molecule has 1 aromatic rings. The van der Waals surface area contributed by atoms with E-state index in [0.717, 1.165) is 0 Å². The largest absolute Gasteiger partial charge is 0.456 e. The minimum atomic E-state index is -0.324. The minimum Gasteiger partial charge on any atom is -0.456 e. The molecule has 0 spiro atoms. The van der Waals surface area contributed by atoms with Gasteiger partial charge in [0.1, 0.15) is 5.76 Å². The van der Waals surface area contributed by atoms with Gasteiger partial charge in [-0.15, -0.1) is 0 Å². The van der Waals surface area contributed by atoms with Crippen molar-refractivity contribution in [2.24, 2.45) is 11.0 Å². The summed E-state index contributed by atoms with van der Waals surface area (Å²) in [6.07, 6.45) is 1.66. The summed E-state index contributed by atoms with van der Waals surface area (Å²) >= 11 is 0. The number of amides is 1. The molecule has 0 radical (unpaired) electrons. The van der Waals surface area contributed by atoms with E-state index in [4.69, 9.17) is 4.42 Å². The molecule has 0 fully saturated rings. The average Bonchev–Trinajstić information content (AvgIpc) is 2.51. The van der Waals surface area contributed by atoms with E-state index in [2.05, 4.69) is 10.5 Å². The van der Waals surface area contributed by atoms with Crippen molar-refractivity contribution in [3.63, 3.8) is 0 Å². The third kappa shape index (κ3) is 3.05. The maximum Gasteiger partial charge on any atom is 0.307 e. The van der Waals surface area contributed by atoms with Gasteiger partial charge >= 0.3 is 5.91 Å². The quantitative estimate of drug-likeness (QED) is 0.590. The maximum atomic E-state index is 11.3. The monoisotopic (exact) mass is 194 g/mol. The van der Waals surface area contributed by atoms with Gasteiger partial charge in [0.15, 0.2) is 5.76 Å². The van der Waals surface area contributed by atoms with Crippen LogP contribution in [0.4, 0.5) is 0 Å². The Morgan fingerprint density at radius 3 is 2.79 bits per heavy atom. The summed E-state index contributed by atoms with van der Waals surface area (Å²) in [6, 6.07) is 3.36. The molecule has 4 nitrogen and oxygen atoms in total. The molecule has 4 heteroatoms. The summed E-state index contributed by atoms with van der Waals surface area (Å²) in [4.78, 5) is 11.3. The summed E-state index contributed by atoms with van der Waals surface area (Å²) in [5, 5.41) is 3.77. The van der Waals surface area contributed by atoms with E-state index in [-0.39, 0.29) is 11.7 Å². The molecule has 14 heavy (non-hydrogen) atoms. The van der Waals surface area contributed by atoms with Crippen LogP contribution in [0.25, 0.3) is 0 Å². The van der Waals surface area contributed by atoms with Gasteiger partial charge in [-0.3, -0.25) is 4.79 Å². The van der Waals surface area contributed by atoms with Gasteiger partial charge in [-0.05, 0) is 25.0 Å². The van der Waals surface area contributed by atoms with Gasteiger partial charge < -0.3 is 4.42 Å². The molecule has 0 atom stereocenters. The molecule has 1 aromatic heterocycles. The van der Waals surface area contributed by atoms with Crippen LogP contribution >= 0.6 is 0 Å². The van der Waals surface area contributed by atoms with E-state index in [1.54, 1.807) is 25.3 Å². The van der Waals surface area contributed by atoms with Crippen LogP contribution in [0.1, 0.15) is 30.2 Å². The Kier molecular flexibility index (Phi) is 3.45. The molecule has 0 aromatic carbocycles. The molecule has 0 unspecified atom stereocenters. The van der Waals surface area contributed by atoms with Crippen LogP contribution in [0, 0.1) is 12.8 Å². The second-order valence-corrected chi connectivity index (χ2v) is 3.37. The van der Waals surface area contributed by atoms with Crippen LogP contribution < -0.4 is 5.43 Å². The van der Waals surface area contributed by atoms with Crippen LogP contribution in [-0.2, 0) is 0 Å². The fourth-order valence-electron chi connectivity index (χ4n) is 0.857. The zero-order valence-corrected chi connectivity index (χ0v) is 8.57. The van der Waals surface area contributed by atoms with Gasteiger partial charge in [0.25, 0.3) is 0 Å². The lowest BCUT2D eigenvalue weighted by Gasteiger charge is -1.96. The first-order chi connectivity index (χ1) is 6.59. The Balaban J connectivity index is 2.51. The number of nitrogens with zero attached hydrogens (tertiary/aromatic N) is 1. The number of aryl methyl sites for hydroxylation is 1. The first-order valence-corrected chi connectivity index (χ1v) is 4.49. The van der Waals surface area contributed by atoms with Crippen molar-refractivity contribution in [2.75, 3.05) is 0 Å². The van der Waals surface area contributed by atoms with Gasteiger partial charge in [-0.2, -0.15) is 5.10 Å². The number of carbonyl (C=O) groups excluding carboxylic acids is 1. The van der Waals surface area contributed by atoms with Crippen LogP contribution in [0.3, 0.4) is 0 Å². The van der Waals surface area contributed by atoms with Crippen molar-refractivity contribution in [3.05, 3.63) is 23.7 Å². The molecule has 1 N–H and O–H groups in total. The van der Waals surface area contributed by atoms with E-state index in [1.165, 1.54) is 0 Å². The number of furan rings is 1. The number of nitrogens with one attached hydrogen (secondary N) is 1. The molecule has 1 heterocycles. The van der Waals surface area contributed by atoms with Gasteiger partial charge in [0.2, 0.25) is 0 Å². The molecular formula is C10H14N2O2. The predicted octanol–water partition coefficient (Wildman–Crippen LogP) is 1.96. The Morgan fingerprint density at radius 1 is 1.57 bits per heavy atom. The summed E-state index contributed by atoms with van der Waals surface area (Å²) in [5.74, 6) is 0.982. The highest BCUT2D eigenvalue weighted by Crippen LogP contribution is 2.05. The Labute approximate surface area is 83.0 Å². The minimum absolute atomic E-state index is 0.281. The highest BCUT2D eigenvalue weighted by atomic mass is 16.3. The second kappa shape index (κ2) is 4.60. The number of hydrogen-bond donors (Lipinski definition) is 1. The molecule has 0 aliphatic carbocycles. The lowest BCUT2D eigenvalue weighted by molar-refractivity contribution is 0.0926. The van der Waals surface area contributed by atoms with Crippen LogP contribution in [-0.4, -0.2) is 12.1 Å². The van der Waals surface area contributed by atoms with Crippen LogP contribution in [0.15, 0.2) is 21.7 Å². The summed E-state index contributed by atoms with van der Waals surface area (Å²) in [7, 11) is 0. The predicted molar refractivity (Wildman–Crippen MR) is 54.2 cm³/mol. The Morgan fingerprint density at radius 2 is 2.29 bits per heavy atom. The van der Waals surface area contributed by atoms with Gasteiger partial charge in [-0.1, -0.05) is 13.8 Å². The van der Waals surface area contributed by atoms with E-state index in [9.17, 15) is 4.79 Å². The highest BCUT2D eigenvalue weighted by molar-refractivity contribution is 5.91. The molecule has 1 rings (SSSR count). The summed E-state index contributed by atoms with van der Waals surface area (Å²) < 4.78 is 5.12. The fraction of sp³-hybridized carbons (Fsp3) is 0.400. The SMILES string of the molecule is Cc1ccc(C(=O)NN=CC(C)C)o1. The standard InChI is InChI=1S/C10H14N2O2/c1-7(2)6-11-12-10(13)9-5-4-8(3)14-9/h4-7H,1-3H3,(H,12,13). The molecule has 0 aliphatic heterocycles. The fourth-order valence-corrected chi connectivity index (χ4v) is 0.857. The van der Waals surface area contributed by atoms with Crippen LogP contribution in [0.2, 0.25) is 0 Å². The van der Waals surface area contributed by atoms with E-state index >= 15 is 0 Å². The maximum absolute atomic E-state index is 11.3. The first-order valence-electron chi connectivity index (χ1n) is 4.49. The lowest BCUT2D eigenvalue weighted by atomic mass is 10.3. The van der Waals surface area contributed by atoms with E-state index in [1.807, 2.05) is 13.8 Å². The first kappa shape index (κ1) is 10.5. The molecule has 0 aliphatic rings. The Hall–Kier alpha value is -1.58. The number of rotatable bonds is 3.